The van der Waals surface area contributed by atoms with Gasteiger partial charge in [-0.1, -0.05) is 60.4 Å². The van der Waals surface area contributed by atoms with Gasteiger partial charge in [-0.05, 0) is 84.0 Å². The average molecular weight is 589 g/mol. The second kappa shape index (κ2) is 14.3. The second-order valence-corrected chi connectivity index (χ2v) is 10.7. The van der Waals surface area contributed by atoms with E-state index in [2.05, 4.69) is 39.7 Å². The number of carbonyl (C=O) groups is 2. The van der Waals surface area contributed by atoms with E-state index in [9.17, 15) is 9.59 Å². The van der Waals surface area contributed by atoms with Crippen molar-refractivity contribution >= 4 is 29.0 Å². The van der Waals surface area contributed by atoms with Gasteiger partial charge in [0.2, 0.25) is 0 Å². The zero-order chi connectivity index (χ0) is 30.0. The summed E-state index contributed by atoms with van der Waals surface area (Å²) in [6, 6.07) is 23.8. The molecule has 43 heavy (non-hydrogen) atoms. The number of dihydropyridines is 1. The molecule has 1 N–H and O–H groups in total. The Morgan fingerprint density at radius 3 is 2.49 bits per heavy atom. The van der Waals surface area contributed by atoms with E-state index in [4.69, 9.17) is 9.47 Å². The normalized spacial score (nSPS) is 14.4. The lowest BCUT2D eigenvalue weighted by molar-refractivity contribution is -0.139. The molecule has 0 spiro atoms. The molecule has 0 radical (unpaired) electrons. The molecular formula is C36H32N2O4S. The number of aromatic nitrogens is 1. The highest BCUT2D eigenvalue weighted by Gasteiger charge is 2.38. The lowest BCUT2D eigenvalue weighted by Crippen LogP contribution is -2.34. The standard InChI is InChI=1S/C36H32N2O4S/c1-3-41-36(40)33-31(17-16-26-10-5-4-6-11-26)32(35(39)42-20-9-13-27-12-8-19-37-23-27)25(2)38-34(33)29-15-7-14-28(22-29)30-18-21-43-24-30/h4-8,10-12,14-15,18-19,21-24,31,38H,3,16-17,20H2,1-2H3. The predicted octanol–water partition coefficient (Wildman–Crippen LogP) is 6.81. The molecule has 2 aromatic carbocycles. The van der Waals surface area contributed by atoms with Crippen LogP contribution in [0.15, 0.2) is 113 Å². The number of thiophene rings is 1. The van der Waals surface area contributed by atoms with Crippen molar-refractivity contribution in [2.75, 3.05) is 13.2 Å². The third-order valence-corrected chi connectivity index (χ3v) is 7.82. The fourth-order valence-corrected chi connectivity index (χ4v) is 5.82. The summed E-state index contributed by atoms with van der Waals surface area (Å²) in [6.45, 7) is 3.74. The number of esters is 2. The topological polar surface area (TPSA) is 77.5 Å². The minimum atomic E-state index is -0.556. The molecule has 216 valence electrons. The van der Waals surface area contributed by atoms with Crippen molar-refractivity contribution in [1.29, 1.82) is 0 Å². The van der Waals surface area contributed by atoms with Crippen molar-refractivity contribution in [3.05, 3.63) is 129 Å². The zero-order valence-electron chi connectivity index (χ0n) is 24.1. The fourth-order valence-electron chi connectivity index (χ4n) is 5.16. The van der Waals surface area contributed by atoms with E-state index < -0.39 is 17.9 Å². The summed E-state index contributed by atoms with van der Waals surface area (Å²) < 4.78 is 11.2. The van der Waals surface area contributed by atoms with Crippen LogP contribution < -0.4 is 5.32 Å². The van der Waals surface area contributed by atoms with Crippen LogP contribution in [0.1, 0.15) is 37.0 Å². The van der Waals surface area contributed by atoms with Crippen LogP contribution in [0, 0.1) is 17.8 Å². The maximum Gasteiger partial charge on any atom is 0.337 e. The first-order valence-electron chi connectivity index (χ1n) is 14.2. The van der Waals surface area contributed by atoms with E-state index >= 15 is 0 Å². The minimum Gasteiger partial charge on any atom is -0.463 e. The number of allylic oxidation sites excluding steroid dienone is 1. The van der Waals surface area contributed by atoms with Gasteiger partial charge in [0, 0.05) is 29.6 Å². The second-order valence-electron chi connectivity index (χ2n) is 9.96. The molecule has 1 aliphatic rings. The Morgan fingerprint density at radius 2 is 1.74 bits per heavy atom. The number of nitrogens with one attached hydrogen (secondary N) is 1. The van der Waals surface area contributed by atoms with Gasteiger partial charge in [0.25, 0.3) is 0 Å². The first kappa shape index (κ1) is 29.6. The molecule has 6 nitrogen and oxygen atoms in total. The molecule has 0 aliphatic carbocycles. The molecular weight excluding hydrogens is 556 g/mol. The van der Waals surface area contributed by atoms with Gasteiger partial charge in [-0.25, -0.2) is 9.59 Å². The maximum atomic E-state index is 13.7. The first-order valence-corrected chi connectivity index (χ1v) is 15.1. The molecule has 1 aliphatic heterocycles. The number of aryl methyl sites for hydroxylation is 1. The Morgan fingerprint density at radius 1 is 0.930 bits per heavy atom. The number of hydrogen-bond donors (Lipinski definition) is 1. The number of pyridine rings is 1. The number of rotatable bonds is 9. The van der Waals surface area contributed by atoms with Crippen LogP contribution in [0.25, 0.3) is 16.8 Å². The summed E-state index contributed by atoms with van der Waals surface area (Å²) in [5, 5.41) is 7.51. The number of carbonyl (C=O) groups excluding carboxylic acids is 2. The van der Waals surface area contributed by atoms with Gasteiger partial charge in [0.15, 0.2) is 6.61 Å². The maximum absolute atomic E-state index is 13.7. The van der Waals surface area contributed by atoms with E-state index in [1.165, 1.54) is 0 Å². The van der Waals surface area contributed by atoms with Gasteiger partial charge in [0.1, 0.15) is 0 Å². The Bertz CT molecular complexity index is 1700. The summed E-state index contributed by atoms with van der Waals surface area (Å²) in [6.07, 6.45) is 4.49. The third kappa shape index (κ3) is 7.29. The lowest BCUT2D eigenvalue weighted by atomic mass is 9.80. The Hall–Kier alpha value is -4.93. The van der Waals surface area contributed by atoms with Crippen molar-refractivity contribution in [2.24, 2.45) is 5.92 Å². The minimum absolute atomic E-state index is 0.0933. The van der Waals surface area contributed by atoms with Crippen LogP contribution in [0.2, 0.25) is 0 Å². The monoisotopic (exact) mass is 588 g/mol. The Labute approximate surface area is 256 Å². The lowest BCUT2D eigenvalue weighted by Gasteiger charge is -2.31. The third-order valence-electron chi connectivity index (χ3n) is 7.14. The van der Waals surface area contributed by atoms with Gasteiger partial charge < -0.3 is 14.8 Å². The van der Waals surface area contributed by atoms with E-state index in [0.29, 0.717) is 35.4 Å². The summed E-state index contributed by atoms with van der Waals surface area (Å²) in [7, 11) is 0. The van der Waals surface area contributed by atoms with E-state index in [0.717, 1.165) is 27.8 Å². The van der Waals surface area contributed by atoms with Crippen LogP contribution in [-0.4, -0.2) is 30.1 Å². The van der Waals surface area contributed by atoms with Gasteiger partial charge in [-0.2, -0.15) is 11.3 Å². The van der Waals surface area contributed by atoms with Crippen LogP contribution in [0.4, 0.5) is 0 Å². The molecule has 7 heteroatoms. The van der Waals surface area contributed by atoms with Crippen LogP contribution in [0.5, 0.6) is 0 Å². The molecule has 0 bridgehead atoms. The van der Waals surface area contributed by atoms with Gasteiger partial charge in [-0.15, -0.1) is 0 Å². The van der Waals surface area contributed by atoms with E-state index in [1.807, 2.05) is 66.9 Å². The highest BCUT2D eigenvalue weighted by Crippen LogP contribution is 2.39. The Kier molecular flexibility index (Phi) is 9.83. The molecule has 3 heterocycles. The summed E-state index contributed by atoms with van der Waals surface area (Å²) >= 11 is 1.63. The van der Waals surface area contributed by atoms with Crippen molar-refractivity contribution in [3.63, 3.8) is 0 Å². The predicted molar refractivity (Wildman–Crippen MR) is 169 cm³/mol. The quantitative estimate of drug-likeness (QED) is 0.171. The van der Waals surface area contributed by atoms with Crippen molar-refractivity contribution in [3.8, 4) is 23.0 Å². The van der Waals surface area contributed by atoms with E-state index in [-0.39, 0.29) is 13.2 Å². The van der Waals surface area contributed by atoms with Crippen molar-refractivity contribution in [1.82, 2.24) is 10.3 Å². The van der Waals surface area contributed by atoms with Crippen LogP contribution in [0.3, 0.4) is 0 Å². The molecule has 1 unspecified atom stereocenters. The SMILES string of the molecule is CCOC(=O)C1=C(c2cccc(-c3ccsc3)c2)NC(C)=C(C(=O)OCC#Cc2cccnc2)C1CCc1ccccc1. The molecule has 2 aromatic heterocycles. The number of hydrogen-bond acceptors (Lipinski definition) is 7. The highest BCUT2D eigenvalue weighted by molar-refractivity contribution is 7.08. The molecule has 0 fully saturated rings. The zero-order valence-corrected chi connectivity index (χ0v) is 24.9. The summed E-state index contributed by atoms with van der Waals surface area (Å²) in [4.78, 5) is 31.4. The Balaban J connectivity index is 1.52. The molecule has 4 aromatic rings. The van der Waals surface area contributed by atoms with Crippen molar-refractivity contribution in [2.45, 2.75) is 26.7 Å². The van der Waals surface area contributed by atoms with Crippen molar-refractivity contribution < 1.29 is 19.1 Å². The first-order chi connectivity index (χ1) is 21.0. The highest BCUT2D eigenvalue weighted by atomic mass is 32.1. The van der Waals surface area contributed by atoms with E-state index in [1.54, 1.807) is 36.7 Å². The van der Waals surface area contributed by atoms with Crippen LogP contribution in [-0.2, 0) is 25.5 Å². The number of ether oxygens (including phenoxy) is 2. The van der Waals surface area contributed by atoms with Gasteiger partial charge in [-0.3, -0.25) is 4.98 Å². The smallest absolute Gasteiger partial charge is 0.337 e. The molecule has 0 saturated heterocycles. The summed E-state index contributed by atoms with van der Waals surface area (Å²) in [5.41, 5.74) is 6.91. The molecule has 5 rings (SSSR count). The largest absolute Gasteiger partial charge is 0.463 e. The van der Waals surface area contributed by atoms with Crippen LogP contribution >= 0.6 is 11.3 Å². The summed E-state index contributed by atoms with van der Waals surface area (Å²) in [5.74, 6) is 4.31. The van der Waals surface area contributed by atoms with Gasteiger partial charge in [0.05, 0.1) is 23.5 Å². The average Bonchev–Trinajstić information content (AvgIpc) is 3.58. The molecule has 1 atom stereocenters. The molecule has 0 amide bonds. The number of benzene rings is 2. The van der Waals surface area contributed by atoms with Gasteiger partial charge >= 0.3 is 11.9 Å². The number of nitrogens with zero attached hydrogens (tertiary/aromatic N) is 1. The molecule has 0 saturated carbocycles. The fraction of sp³-hybridized carbons (Fsp3) is 0.194.